The van der Waals surface area contributed by atoms with Crippen molar-refractivity contribution >= 4 is 22.6 Å². The third-order valence-corrected chi connectivity index (χ3v) is 3.65. The zero-order chi connectivity index (χ0) is 14.6. The molecule has 2 N–H and O–H groups in total. The van der Waals surface area contributed by atoms with Gasteiger partial charge in [-0.05, 0) is 40.5 Å². The normalized spacial score (nSPS) is 30.4. The fraction of sp³-hybridized carbons (Fsp3) is 0.857. The van der Waals surface area contributed by atoms with Crippen molar-refractivity contribution in [2.24, 2.45) is 0 Å². The zero-order valence-electron chi connectivity index (χ0n) is 12.1. The molecule has 0 aliphatic carbocycles. The molecule has 112 valence electrons. The van der Waals surface area contributed by atoms with Gasteiger partial charge in [-0.3, -0.25) is 0 Å². The van der Waals surface area contributed by atoms with Gasteiger partial charge in [-0.25, -0.2) is 0 Å². The maximum Gasteiger partial charge on any atom is 0.163 e. The molecule has 1 unspecified atom stereocenters. The summed E-state index contributed by atoms with van der Waals surface area (Å²) in [6.45, 7) is 7.38. The molecule has 0 aromatic heterocycles. The molecular formula is C14H25IO4. The number of hydrogen-bond donors (Lipinski definition) is 2. The minimum absolute atomic E-state index is 0.0856. The molecule has 4 atom stereocenters. The first kappa shape index (κ1) is 17.4. The Kier molecular flexibility index (Phi) is 6.72. The summed E-state index contributed by atoms with van der Waals surface area (Å²) < 4.78 is 12.6. The molecule has 1 aliphatic heterocycles. The second kappa shape index (κ2) is 7.36. The van der Waals surface area contributed by atoms with Crippen molar-refractivity contribution in [3.8, 4) is 0 Å². The predicted octanol–water partition coefficient (Wildman–Crippen LogP) is 2.41. The van der Waals surface area contributed by atoms with E-state index in [1.54, 1.807) is 13.0 Å². The van der Waals surface area contributed by atoms with Crippen molar-refractivity contribution in [2.75, 3.05) is 4.43 Å². The molecule has 0 bridgehead atoms. The van der Waals surface area contributed by atoms with Crippen LogP contribution < -0.4 is 0 Å². The van der Waals surface area contributed by atoms with Crippen LogP contribution in [0.5, 0.6) is 0 Å². The van der Waals surface area contributed by atoms with E-state index in [1.165, 1.54) is 0 Å². The number of rotatable bonds is 6. The molecule has 1 heterocycles. The first-order valence-corrected chi connectivity index (χ1v) is 8.22. The molecule has 0 saturated carbocycles. The van der Waals surface area contributed by atoms with Gasteiger partial charge in [-0.1, -0.05) is 34.2 Å². The summed E-state index contributed by atoms with van der Waals surface area (Å²) in [5.74, 6) is -0.645. The topological polar surface area (TPSA) is 58.9 Å². The zero-order valence-corrected chi connectivity index (χ0v) is 14.3. The van der Waals surface area contributed by atoms with Gasteiger partial charge in [-0.2, -0.15) is 0 Å². The lowest BCUT2D eigenvalue weighted by atomic mass is 10.0. The van der Waals surface area contributed by atoms with Crippen molar-refractivity contribution in [3.63, 3.8) is 0 Å². The molecule has 1 fully saturated rings. The van der Waals surface area contributed by atoms with E-state index in [0.717, 1.165) is 16.4 Å². The minimum atomic E-state index is -0.700. The lowest BCUT2D eigenvalue weighted by Gasteiger charge is -2.20. The lowest BCUT2D eigenvalue weighted by Crippen LogP contribution is -2.34. The van der Waals surface area contributed by atoms with Crippen LogP contribution in [0.25, 0.3) is 0 Å². The number of aliphatic hydroxyl groups excluding tert-OH is 2. The van der Waals surface area contributed by atoms with Gasteiger partial charge in [0.25, 0.3) is 0 Å². The van der Waals surface area contributed by atoms with Gasteiger partial charge >= 0.3 is 0 Å². The van der Waals surface area contributed by atoms with Crippen LogP contribution in [0.1, 0.15) is 40.5 Å². The molecule has 19 heavy (non-hydrogen) atoms. The van der Waals surface area contributed by atoms with Gasteiger partial charge < -0.3 is 19.7 Å². The van der Waals surface area contributed by atoms with Gasteiger partial charge in [0.15, 0.2) is 5.79 Å². The highest BCUT2D eigenvalue weighted by molar-refractivity contribution is 14.1. The average Bonchev–Trinajstić information content (AvgIpc) is 2.53. The first-order chi connectivity index (χ1) is 8.75. The summed E-state index contributed by atoms with van der Waals surface area (Å²) in [7, 11) is 0. The summed E-state index contributed by atoms with van der Waals surface area (Å²) in [4.78, 5) is 0. The van der Waals surface area contributed by atoms with E-state index in [9.17, 15) is 10.2 Å². The van der Waals surface area contributed by atoms with E-state index in [4.69, 9.17) is 9.47 Å². The third-order valence-electron chi connectivity index (χ3n) is 3.02. The highest BCUT2D eigenvalue weighted by Gasteiger charge is 2.43. The summed E-state index contributed by atoms with van der Waals surface area (Å²) in [6, 6.07) is 0. The van der Waals surface area contributed by atoms with Crippen LogP contribution in [-0.2, 0) is 9.47 Å². The molecule has 5 heteroatoms. The maximum absolute atomic E-state index is 10.3. The summed E-state index contributed by atoms with van der Waals surface area (Å²) in [6.07, 6.45) is 1.66. The van der Waals surface area contributed by atoms with E-state index < -0.39 is 18.0 Å². The van der Waals surface area contributed by atoms with Gasteiger partial charge in [0.05, 0.1) is 12.2 Å². The van der Waals surface area contributed by atoms with Gasteiger partial charge in [0, 0.05) is 4.43 Å². The van der Waals surface area contributed by atoms with E-state index in [0.29, 0.717) is 6.42 Å². The monoisotopic (exact) mass is 384 g/mol. The Hall–Kier alpha value is 0.310. The summed E-state index contributed by atoms with van der Waals surface area (Å²) >= 11 is 2.30. The third kappa shape index (κ3) is 5.67. The van der Waals surface area contributed by atoms with Crippen LogP contribution in [0.2, 0.25) is 0 Å². The van der Waals surface area contributed by atoms with E-state index in [2.05, 4.69) is 22.6 Å². The van der Waals surface area contributed by atoms with Crippen LogP contribution in [0.15, 0.2) is 11.6 Å². The largest absolute Gasteiger partial charge is 0.393 e. The number of hydrogen-bond acceptors (Lipinski definition) is 4. The Morgan fingerprint density at radius 2 is 2.00 bits per heavy atom. The van der Waals surface area contributed by atoms with Crippen molar-refractivity contribution in [1.82, 2.24) is 0 Å². The Morgan fingerprint density at radius 1 is 1.37 bits per heavy atom. The number of aliphatic hydroxyl groups is 2. The van der Waals surface area contributed by atoms with Gasteiger partial charge in [-0.15, -0.1) is 0 Å². The van der Waals surface area contributed by atoms with Crippen LogP contribution in [-0.4, -0.2) is 44.8 Å². The highest BCUT2D eigenvalue weighted by atomic mass is 127. The molecule has 0 aromatic carbocycles. The Morgan fingerprint density at radius 3 is 2.53 bits per heavy atom. The molecule has 1 saturated heterocycles. The van der Waals surface area contributed by atoms with Crippen molar-refractivity contribution in [3.05, 3.63) is 11.6 Å². The number of halogens is 1. The molecule has 1 rings (SSSR count). The molecule has 0 amide bonds. The van der Waals surface area contributed by atoms with Gasteiger partial charge in [0.1, 0.15) is 12.2 Å². The summed E-state index contributed by atoms with van der Waals surface area (Å²) in [5.41, 5.74) is 0.962. The second-order valence-electron chi connectivity index (χ2n) is 5.67. The van der Waals surface area contributed by atoms with Crippen molar-refractivity contribution < 1.29 is 19.7 Å². The van der Waals surface area contributed by atoms with E-state index in [1.807, 2.05) is 20.8 Å². The predicted molar refractivity (Wildman–Crippen MR) is 83.4 cm³/mol. The fourth-order valence-corrected chi connectivity index (χ4v) is 3.02. The standard InChI is InChI=1S/C14H25IO4/c1-9(7-10(2)16)8-11(17)13-12(5-6-15)18-14(3,4)19-13/h8,10-13,16-17H,5-7H2,1-4H3/b9-8-/t10-,11?,12-,13+/m0/s1. The van der Waals surface area contributed by atoms with Crippen LogP contribution in [0.4, 0.5) is 0 Å². The fourth-order valence-electron chi connectivity index (χ4n) is 2.40. The van der Waals surface area contributed by atoms with Crippen molar-refractivity contribution in [1.29, 1.82) is 0 Å². The Labute approximate surface area is 129 Å². The quantitative estimate of drug-likeness (QED) is 0.420. The highest BCUT2D eigenvalue weighted by Crippen LogP contribution is 2.32. The van der Waals surface area contributed by atoms with Crippen molar-refractivity contribution in [2.45, 2.75) is 70.7 Å². The SMILES string of the molecule is C/C(=C/C(O)[C@H]1OC(C)(C)O[C@H]1CCI)C[C@H](C)O. The molecular weight excluding hydrogens is 359 g/mol. The van der Waals surface area contributed by atoms with Crippen LogP contribution in [0, 0.1) is 0 Å². The molecule has 0 radical (unpaired) electrons. The second-order valence-corrected chi connectivity index (χ2v) is 6.75. The summed E-state index contributed by atoms with van der Waals surface area (Å²) in [5, 5.41) is 19.6. The van der Waals surface area contributed by atoms with Crippen LogP contribution >= 0.6 is 22.6 Å². The molecule has 0 spiro atoms. The maximum atomic E-state index is 10.3. The smallest absolute Gasteiger partial charge is 0.163 e. The first-order valence-electron chi connectivity index (χ1n) is 6.70. The molecule has 0 aromatic rings. The lowest BCUT2D eigenvalue weighted by molar-refractivity contribution is -0.152. The van der Waals surface area contributed by atoms with E-state index >= 15 is 0 Å². The van der Waals surface area contributed by atoms with E-state index in [-0.39, 0.29) is 12.2 Å². The molecule has 1 aliphatic rings. The number of ether oxygens (including phenoxy) is 2. The Bertz CT molecular complexity index is 315. The minimum Gasteiger partial charge on any atom is -0.393 e. The van der Waals surface area contributed by atoms with Crippen LogP contribution in [0.3, 0.4) is 0 Å². The number of alkyl halides is 1. The molecule has 4 nitrogen and oxygen atoms in total. The van der Waals surface area contributed by atoms with Gasteiger partial charge in [0.2, 0.25) is 0 Å². The average molecular weight is 384 g/mol. The Balaban J connectivity index is 2.70.